The molecule has 0 aromatic carbocycles. The van der Waals surface area contributed by atoms with Crippen LogP contribution in [0.1, 0.15) is 47.2 Å². The number of methoxy groups -OCH3 is 1. The van der Waals surface area contributed by atoms with E-state index in [1.54, 1.807) is 34.3 Å². The third-order valence-electron chi connectivity index (χ3n) is 8.69. The van der Waals surface area contributed by atoms with Gasteiger partial charge < -0.3 is 19.5 Å². The van der Waals surface area contributed by atoms with Crippen molar-refractivity contribution in [3.05, 3.63) is 106 Å². The molecule has 2 aliphatic rings. The van der Waals surface area contributed by atoms with Gasteiger partial charge in [-0.3, -0.25) is 4.79 Å². The molecule has 0 unspecified atom stereocenters. The number of nitriles is 2. The third-order valence-corrected chi connectivity index (χ3v) is 8.69. The van der Waals surface area contributed by atoms with E-state index >= 15 is 0 Å². The van der Waals surface area contributed by atoms with Gasteiger partial charge in [0, 0.05) is 42.6 Å². The van der Waals surface area contributed by atoms with Gasteiger partial charge in [-0.05, 0) is 24.3 Å². The number of fused-ring (bicyclic) bond motifs is 2. The molecule has 6 aromatic rings. The number of H-pyrrole nitrogens is 1. The number of rotatable bonds is 5. The summed E-state index contributed by atoms with van der Waals surface area (Å²) in [7, 11) is 1.44. The van der Waals surface area contributed by atoms with Gasteiger partial charge in [-0.1, -0.05) is 0 Å². The number of aromatic amines is 1. The van der Waals surface area contributed by atoms with E-state index in [0.29, 0.717) is 34.1 Å². The van der Waals surface area contributed by atoms with Crippen LogP contribution < -0.4 is 20.1 Å². The van der Waals surface area contributed by atoms with Crippen LogP contribution in [0.4, 0.5) is 29.2 Å². The van der Waals surface area contributed by atoms with E-state index in [1.165, 1.54) is 34.6 Å². The SMILES string of the molecule is COc1ncc(F)cc1[C@H]1C[C@H](F)CN1c1ccn2ncc(C#N)c2n1.N#Cc1cnn2ccc(N3C[C@@H](F)C[C@@H]3c3cc(F)c[nH]c3=O)nc12. The summed E-state index contributed by atoms with van der Waals surface area (Å²) in [6.45, 7) is 0.128. The van der Waals surface area contributed by atoms with Crippen LogP contribution in [0.2, 0.25) is 0 Å². The van der Waals surface area contributed by atoms with E-state index in [2.05, 4.69) is 30.1 Å². The zero-order chi connectivity index (χ0) is 35.8. The van der Waals surface area contributed by atoms with Gasteiger partial charge in [0.2, 0.25) is 5.88 Å². The summed E-state index contributed by atoms with van der Waals surface area (Å²) in [4.78, 5) is 30.5. The smallest absolute Gasteiger partial charge is 0.253 e. The van der Waals surface area contributed by atoms with Gasteiger partial charge in [0.05, 0.1) is 50.9 Å². The minimum Gasteiger partial charge on any atom is -0.481 e. The maximum absolute atomic E-state index is 14.2. The number of nitrogens with one attached hydrogen (secondary N) is 1. The third kappa shape index (κ3) is 6.23. The first kappa shape index (κ1) is 33.0. The number of hydrogen-bond donors (Lipinski definition) is 1. The number of pyridine rings is 2. The fraction of sp³-hybridized carbons (Fsp3) is 0.273. The number of hydrogen-bond acceptors (Lipinski definition) is 11. The van der Waals surface area contributed by atoms with E-state index in [9.17, 15) is 22.4 Å². The Morgan fingerprint density at radius 1 is 0.824 bits per heavy atom. The summed E-state index contributed by atoms with van der Waals surface area (Å²) in [6.07, 6.45) is 6.05. The van der Waals surface area contributed by atoms with Gasteiger partial charge in [-0.25, -0.2) is 41.5 Å². The second kappa shape index (κ2) is 13.4. The lowest BCUT2D eigenvalue weighted by Gasteiger charge is -2.26. The van der Waals surface area contributed by atoms with Crippen LogP contribution >= 0.6 is 0 Å². The Morgan fingerprint density at radius 2 is 1.35 bits per heavy atom. The van der Waals surface area contributed by atoms with Crippen molar-refractivity contribution < 1.29 is 22.3 Å². The molecule has 1 N–H and O–H groups in total. The number of nitrogens with zero attached hydrogens (tertiary/aromatic N) is 11. The van der Waals surface area contributed by atoms with Gasteiger partial charge in [0.15, 0.2) is 11.3 Å². The van der Waals surface area contributed by atoms with Crippen molar-refractivity contribution in [2.45, 2.75) is 37.3 Å². The largest absolute Gasteiger partial charge is 0.481 e. The lowest BCUT2D eigenvalue weighted by Crippen LogP contribution is -2.29. The van der Waals surface area contributed by atoms with Gasteiger partial charge in [-0.2, -0.15) is 20.7 Å². The molecule has 14 nitrogen and oxygen atoms in total. The van der Waals surface area contributed by atoms with Crippen molar-refractivity contribution >= 4 is 22.9 Å². The fourth-order valence-electron chi connectivity index (χ4n) is 6.43. The molecular weight excluding hydrogens is 672 g/mol. The summed E-state index contributed by atoms with van der Waals surface area (Å²) in [5, 5.41) is 26.3. The average molecular weight is 699 g/mol. The molecule has 6 aromatic heterocycles. The number of halogens is 4. The van der Waals surface area contributed by atoms with Crippen molar-refractivity contribution in [1.29, 1.82) is 10.5 Å². The van der Waals surface area contributed by atoms with E-state index in [4.69, 9.17) is 15.3 Å². The highest BCUT2D eigenvalue weighted by molar-refractivity contribution is 5.60. The molecule has 0 saturated carbocycles. The van der Waals surface area contributed by atoms with Gasteiger partial charge in [0.25, 0.3) is 5.56 Å². The summed E-state index contributed by atoms with van der Waals surface area (Å²) in [6, 6.07) is 8.63. The van der Waals surface area contributed by atoms with E-state index in [0.717, 1.165) is 18.5 Å². The molecule has 0 amide bonds. The molecule has 0 spiro atoms. The number of ether oxygens (including phenoxy) is 1. The van der Waals surface area contributed by atoms with E-state index < -0.39 is 41.6 Å². The predicted octanol–water partition coefficient (Wildman–Crippen LogP) is 4.15. The van der Waals surface area contributed by atoms with Crippen LogP contribution in [-0.4, -0.2) is 71.7 Å². The average Bonchev–Trinajstić information content (AvgIpc) is 3.93. The monoisotopic (exact) mass is 698 g/mol. The molecule has 51 heavy (non-hydrogen) atoms. The first-order chi connectivity index (χ1) is 24.7. The summed E-state index contributed by atoms with van der Waals surface area (Å²) in [5.74, 6) is 0.0137. The molecule has 18 heteroatoms. The van der Waals surface area contributed by atoms with Crippen LogP contribution in [-0.2, 0) is 0 Å². The van der Waals surface area contributed by atoms with Crippen LogP contribution in [0.15, 0.2) is 66.2 Å². The molecule has 258 valence electrons. The molecule has 2 fully saturated rings. The number of alkyl halides is 2. The molecule has 4 atom stereocenters. The Bertz CT molecular complexity index is 2400. The molecule has 2 saturated heterocycles. The number of anilines is 2. The first-order valence-electron chi connectivity index (χ1n) is 15.5. The van der Waals surface area contributed by atoms with Gasteiger partial charge >= 0.3 is 0 Å². The molecule has 2 aliphatic heterocycles. The fourth-order valence-corrected chi connectivity index (χ4v) is 6.43. The van der Waals surface area contributed by atoms with Crippen molar-refractivity contribution in [2.75, 3.05) is 30.0 Å². The van der Waals surface area contributed by atoms with Crippen molar-refractivity contribution in [3.63, 3.8) is 0 Å². The van der Waals surface area contributed by atoms with E-state index in [1.807, 2.05) is 12.1 Å². The standard InChI is InChI=1S/C17H14F2N6O.C16H12F2N6O/c1-26-17-13(4-11(18)8-21-17)14-5-12(19)9-24(14)15-2-3-25-16(23-15)10(6-20)7-22-25;17-10-3-12(16(25)20-7-10)13-4-11(18)8-23(13)14-1-2-24-15(22-14)9(5-19)6-21-24/h2-4,7-8,12,14H,5,9H2,1H3;1-3,6-7,11,13H,4,8H2,(H,20,25)/t12-,14+;11-,13+/m00/s1. The molecule has 0 bridgehead atoms. The lowest BCUT2D eigenvalue weighted by molar-refractivity contribution is 0.352. The topological polar surface area (TPSA) is 169 Å². The van der Waals surface area contributed by atoms with Gasteiger partial charge in [0.1, 0.15) is 58.9 Å². The molecular formula is C33H26F4N12O2. The van der Waals surface area contributed by atoms with Crippen LogP contribution in [0.3, 0.4) is 0 Å². The quantitative estimate of drug-likeness (QED) is 0.257. The number of aromatic nitrogens is 8. The second-order valence-electron chi connectivity index (χ2n) is 11.8. The molecule has 8 rings (SSSR count). The van der Waals surface area contributed by atoms with Crippen molar-refractivity contribution in [3.8, 4) is 18.0 Å². The van der Waals surface area contributed by atoms with Crippen LogP contribution in [0.5, 0.6) is 5.88 Å². The highest BCUT2D eigenvalue weighted by atomic mass is 19.1. The minimum absolute atomic E-state index is 0.0276. The second-order valence-corrected chi connectivity index (χ2v) is 11.8. The van der Waals surface area contributed by atoms with Gasteiger partial charge in [-0.15, -0.1) is 0 Å². The maximum atomic E-state index is 14.2. The maximum Gasteiger partial charge on any atom is 0.253 e. The van der Waals surface area contributed by atoms with Crippen molar-refractivity contribution in [2.24, 2.45) is 0 Å². The Balaban J connectivity index is 0.000000159. The normalized spacial score (nSPS) is 19.9. The summed E-state index contributed by atoms with van der Waals surface area (Å²) in [5.41, 5.74) is 1.49. The Morgan fingerprint density at radius 3 is 1.88 bits per heavy atom. The Hall–Kier alpha value is -6.56. The van der Waals surface area contributed by atoms with E-state index in [-0.39, 0.29) is 42.9 Å². The lowest BCUT2D eigenvalue weighted by atomic mass is 10.1. The highest BCUT2D eigenvalue weighted by Crippen LogP contribution is 2.40. The van der Waals surface area contributed by atoms with Crippen molar-refractivity contribution in [1.82, 2.24) is 39.2 Å². The first-order valence-corrected chi connectivity index (χ1v) is 15.5. The molecule has 8 heterocycles. The molecule has 0 radical (unpaired) electrons. The van der Waals surface area contributed by atoms with Crippen LogP contribution in [0.25, 0.3) is 11.3 Å². The van der Waals surface area contributed by atoms with Crippen LogP contribution in [0, 0.1) is 34.3 Å². The summed E-state index contributed by atoms with van der Waals surface area (Å²) < 4.78 is 63.7. The molecule has 0 aliphatic carbocycles. The Kier molecular flexibility index (Phi) is 8.65. The Labute approximate surface area is 285 Å². The summed E-state index contributed by atoms with van der Waals surface area (Å²) >= 11 is 0. The zero-order valence-corrected chi connectivity index (χ0v) is 26.7. The zero-order valence-electron chi connectivity index (χ0n) is 26.7. The minimum atomic E-state index is -1.17. The predicted molar refractivity (Wildman–Crippen MR) is 172 cm³/mol. The highest BCUT2D eigenvalue weighted by Gasteiger charge is 2.37.